The molecule has 2 aromatic carbocycles. The van der Waals surface area contributed by atoms with E-state index in [0.29, 0.717) is 13.1 Å². The highest BCUT2D eigenvalue weighted by molar-refractivity contribution is 7.88. The van der Waals surface area contributed by atoms with Gasteiger partial charge >= 0.3 is 0 Å². The molecule has 2 heterocycles. The Balaban J connectivity index is 1.40. The highest BCUT2D eigenvalue weighted by Gasteiger charge is 2.45. The summed E-state index contributed by atoms with van der Waals surface area (Å²) in [6, 6.07) is 20.2. The zero-order valence-corrected chi connectivity index (χ0v) is 18.0. The number of nitrogens with zero attached hydrogens (tertiary/aromatic N) is 2. The second-order valence-corrected chi connectivity index (χ2v) is 10.6. The number of likely N-dealkylation sites (tertiary alicyclic amines) is 1. The second kappa shape index (κ2) is 8.99. The van der Waals surface area contributed by atoms with Gasteiger partial charge in [-0.2, -0.15) is 4.31 Å². The van der Waals surface area contributed by atoms with Gasteiger partial charge in [-0.05, 0) is 62.7 Å². The van der Waals surface area contributed by atoms with Crippen LogP contribution >= 0.6 is 0 Å². The van der Waals surface area contributed by atoms with Crippen LogP contribution in [0.4, 0.5) is 0 Å². The van der Waals surface area contributed by atoms with Crippen molar-refractivity contribution in [1.82, 2.24) is 9.21 Å². The van der Waals surface area contributed by atoms with Crippen LogP contribution in [0.25, 0.3) is 0 Å². The number of aryl methyl sites for hydroxylation is 1. The average Bonchev–Trinajstić information content (AvgIpc) is 3.11. The largest absolute Gasteiger partial charge is 0.296 e. The van der Waals surface area contributed by atoms with E-state index < -0.39 is 10.0 Å². The lowest BCUT2D eigenvalue weighted by Crippen LogP contribution is -2.57. The van der Waals surface area contributed by atoms with E-state index in [2.05, 4.69) is 35.2 Å². The van der Waals surface area contributed by atoms with Crippen molar-refractivity contribution in [3.8, 4) is 0 Å². The van der Waals surface area contributed by atoms with Crippen molar-refractivity contribution in [2.24, 2.45) is 0 Å². The minimum atomic E-state index is -3.28. The van der Waals surface area contributed by atoms with Gasteiger partial charge in [-0.1, -0.05) is 60.7 Å². The monoisotopic (exact) mass is 412 g/mol. The zero-order valence-electron chi connectivity index (χ0n) is 17.2. The summed E-state index contributed by atoms with van der Waals surface area (Å²) >= 11 is 0. The van der Waals surface area contributed by atoms with Crippen LogP contribution in [0.1, 0.15) is 43.2 Å². The molecule has 1 spiro atoms. The maximum Gasteiger partial charge on any atom is 0.218 e. The highest BCUT2D eigenvalue weighted by atomic mass is 32.2. The molecule has 4 nitrogen and oxygen atoms in total. The molecular weight excluding hydrogens is 380 g/mol. The molecule has 156 valence electrons. The number of piperidine rings is 1. The molecule has 2 aliphatic heterocycles. The maximum atomic E-state index is 13.1. The second-order valence-electron chi connectivity index (χ2n) is 8.58. The molecule has 0 radical (unpaired) electrons. The van der Waals surface area contributed by atoms with Crippen molar-refractivity contribution in [3.63, 3.8) is 0 Å². The van der Waals surface area contributed by atoms with Gasteiger partial charge in [0.1, 0.15) is 0 Å². The van der Waals surface area contributed by atoms with Crippen LogP contribution in [0.5, 0.6) is 0 Å². The van der Waals surface area contributed by atoms with Gasteiger partial charge in [-0.25, -0.2) is 8.42 Å². The van der Waals surface area contributed by atoms with Gasteiger partial charge in [0, 0.05) is 18.6 Å². The van der Waals surface area contributed by atoms with Crippen LogP contribution in [0.15, 0.2) is 60.7 Å². The fourth-order valence-electron chi connectivity index (χ4n) is 5.11. The van der Waals surface area contributed by atoms with Crippen LogP contribution in [-0.4, -0.2) is 49.3 Å². The van der Waals surface area contributed by atoms with E-state index in [1.54, 1.807) is 4.31 Å². The lowest BCUT2D eigenvalue weighted by atomic mass is 9.87. The number of benzene rings is 2. The molecule has 29 heavy (non-hydrogen) atoms. The van der Waals surface area contributed by atoms with Crippen LogP contribution in [0.3, 0.4) is 0 Å². The van der Waals surface area contributed by atoms with Gasteiger partial charge in [-0.3, -0.25) is 4.90 Å². The van der Waals surface area contributed by atoms with E-state index in [1.165, 1.54) is 12.0 Å². The van der Waals surface area contributed by atoms with Crippen molar-refractivity contribution >= 4 is 10.0 Å². The first kappa shape index (κ1) is 20.6. The van der Waals surface area contributed by atoms with Crippen LogP contribution in [0, 0.1) is 0 Å². The van der Waals surface area contributed by atoms with E-state index in [9.17, 15) is 8.42 Å². The van der Waals surface area contributed by atoms with E-state index in [0.717, 1.165) is 50.8 Å². The summed E-state index contributed by atoms with van der Waals surface area (Å²) in [4.78, 5) is 2.60. The summed E-state index contributed by atoms with van der Waals surface area (Å²) in [7, 11) is -3.28. The first-order valence-corrected chi connectivity index (χ1v) is 12.5. The number of rotatable bonds is 7. The molecule has 5 heteroatoms. The topological polar surface area (TPSA) is 40.6 Å². The Morgan fingerprint density at radius 2 is 1.45 bits per heavy atom. The normalized spacial score (nSPS) is 23.6. The van der Waals surface area contributed by atoms with Crippen molar-refractivity contribution in [1.29, 1.82) is 0 Å². The van der Waals surface area contributed by atoms with E-state index >= 15 is 0 Å². The van der Waals surface area contributed by atoms with Crippen LogP contribution in [0.2, 0.25) is 0 Å². The minimum absolute atomic E-state index is 0.0404. The number of hydrogen-bond donors (Lipinski definition) is 0. The molecule has 1 unspecified atom stereocenters. The Labute approximate surface area is 175 Å². The molecule has 1 atom stereocenters. The molecule has 2 aliphatic rings. The first-order chi connectivity index (χ1) is 14.1. The fourth-order valence-corrected chi connectivity index (χ4v) is 6.75. The Bertz CT molecular complexity index is 886. The van der Waals surface area contributed by atoms with Gasteiger partial charge < -0.3 is 0 Å². The molecule has 0 N–H and O–H groups in total. The average molecular weight is 413 g/mol. The molecule has 0 amide bonds. The maximum absolute atomic E-state index is 13.1. The predicted molar refractivity (Wildman–Crippen MR) is 118 cm³/mol. The van der Waals surface area contributed by atoms with Crippen LogP contribution < -0.4 is 0 Å². The summed E-state index contributed by atoms with van der Waals surface area (Å²) in [5.41, 5.74) is 2.30. The third-order valence-electron chi connectivity index (χ3n) is 6.58. The fraction of sp³-hybridized carbons (Fsp3) is 0.500. The van der Waals surface area contributed by atoms with Crippen molar-refractivity contribution in [2.45, 2.75) is 49.8 Å². The van der Waals surface area contributed by atoms with Crippen molar-refractivity contribution in [2.75, 3.05) is 26.2 Å². The lowest BCUT2D eigenvalue weighted by molar-refractivity contribution is 0.0731. The first-order valence-electron chi connectivity index (χ1n) is 10.9. The summed E-state index contributed by atoms with van der Waals surface area (Å²) in [5.74, 6) is 0.109. The Morgan fingerprint density at radius 1 is 0.828 bits per heavy atom. The SMILES string of the molecule is O=S(=O)(Cc1ccccc1)N1CCCC2(CCCN2CCCc2ccccc2)C1. The van der Waals surface area contributed by atoms with Gasteiger partial charge in [0.05, 0.1) is 5.75 Å². The van der Waals surface area contributed by atoms with Gasteiger partial charge in [-0.15, -0.1) is 0 Å². The van der Waals surface area contributed by atoms with E-state index in [-0.39, 0.29) is 11.3 Å². The van der Waals surface area contributed by atoms with Gasteiger partial charge in [0.2, 0.25) is 10.0 Å². The van der Waals surface area contributed by atoms with Gasteiger partial charge in [0.15, 0.2) is 0 Å². The molecule has 2 fully saturated rings. The quantitative estimate of drug-likeness (QED) is 0.688. The Morgan fingerprint density at radius 3 is 2.14 bits per heavy atom. The molecule has 0 aliphatic carbocycles. The van der Waals surface area contributed by atoms with Gasteiger partial charge in [0.25, 0.3) is 0 Å². The predicted octanol–water partition coefficient (Wildman–Crippen LogP) is 4.08. The summed E-state index contributed by atoms with van der Waals surface area (Å²) in [6.07, 6.45) is 6.60. The summed E-state index contributed by atoms with van der Waals surface area (Å²) in [5, 5.41) is 0. The molecule has 2 aromatic rings. The lowest BCUT2D eigenvalue weighted by Gasteiger charge is -2.45. The molecule has 2 saturated heterocycles. The summed E-state index contributed by atoms with van der Waals surface area (Å²) in [6.45, 7) is 3.48. The standard InChI is InChI=1S/C24H32N2O2S/c27-29(28,20-23-12-5-2-6-13-23)26-19-9-16-24(21-26)15-8-18-25(24)17-7-14-22-10-3-1-4-11-22/h1-6,10-13H,7-9,14-21H2. The molecule has 0 aromatic heterocycles. The third kappa shape index (κ3) is 4.90. The molecule has 0 bridgehead atoms. The van der Waals surface area contributed by atoms with Crippen molar-refractivity contribution < 1.29 is 8.42 Å². The molecule has 0 saturated carbocycles. The Hall–Kier alpha value is -1.69. The van der Waals surface area contributed by atoms with E-state index in [1.807, 2.05) is 30.3 Å². The van der Waals surface area contributed by atoms with Crippen LogP contribution in [-0.2, 0) is 22.2 Å². The molecular formula is C24H32N2O2S. The Kier molecular flexibility index (Phi) is 6.38. The third-order valence-corrected chi connectivity index (χ3v) is 8.38. The zero-order chi connectivity index (χ0) is 20.2. The molecule has 4 rings (SSSR count). The smallest absolute Gasteiger partial charge is 0.218 e. The number of hydrogen-bond acceptors (Lipinski definition) is 3. The van der Waals surface area contributed by atoms with E-state index in [4.69, 9.17) is 0 Å². The van der Waals surface area contributed by atoms with Crippen molar-refractivity contribution in [3.05, 3.63) is 71.8 Å². The number of sulfonamides is 1. The highest BCUT2D eigenvalue weighted by Crippen LogP contribution is 2.38. The minimum Gasteiger partial charge on any atom is -0.296 e. The summed E-state index contributed by atoms with van der Waals surface area (Å²) < 4.78 is 28.0.